The highest BCUT2D eigenvalue weighted by Crippen LogP contribution is 2.48. The van der Waals surface area contributed by atoms with E-state index in [-0.39, 0.29) is 58.7 Å². The monoisotopic (exact) mass is 1120 g/mol. The van der Waals surface area contributed by atoms with Gasteiger partial charge in [0.05, 0.1) is 32.8 Å². The third kappa shape index (κ3) is 12.3. The minimum absolute atomic E-state index is 0.105. The first-order valence-corrected chi connectivity index (χ1v) is 28.4. The Morgan fingerprint density at radius 2 is 0.934 bits per heavy atom. The summed E-state index contributed by atoms with van der Waals surface area (Å²) in [5, 5.41) is 30.7. The molecule has 5 aliphatic heterocycles. The van der Waals surface area contributed by atoms with E-state index in [9.17, 15) is 48.6 Å². The number of nitrogens with one attached hydrogen (secondary N) is 4. The van der Waals surface area contributed by atoms with Crippen LogP contribution in [0.4, 0.5) is 9.59 Å². The van der Waals surface area contributed by atoms with Crippen LogP contribution in [0.1, 0.15) is 90.4 Å². The van der Waals surface area contributed by atoms with E-state index in [0.717, 1.165) is 9.80 Å². The van der Waals surface area contributed by atoms with E-state index in [1.807, 2.05) is 27.7 Å². The zero-order valence-electron chi connectivity index (χ0n) is 44.1. The molecule has 7 rings (SSSR count). The molecular weight excluding hydrogens is 1050 g/mol. The molecule has 0 radical (unpaired) electrons. The fraction of sp³-hybridized carbons (Fsp3) is 0.577. The van der Waals surface area contributed by atoms with Crippen molar-refractivity contribution < 1.29 is 48.6 Å². The van der Waals surface area contributed by atoms with E-state index < -0.39 is 95.0 Å². The number of carbonyl (C=O) groups excluding carboxylic acids is 6. The minimum Gasteiger partial charge on any atom is -0.465 e. The molecule has 8 amide bonds. The molecule has 5 heterocycles. The number of carbonyl (C=O) groups is 8. The van der Waals surface area contributed by atoms with Gasteiger partial charge in [-0.3, -0.25) is 28.8 Å². The zero-order valence-corrected chi connectivity index (χ0v) is 47.4. The summed E-state index contributed by atoms with van der Waals surface area (Å²) in [4.78, 5) is 120. The maximum Gasteiger partial charge on any atom is 0.407 e. The second-order valence-electron chi connectivity index (χ2n) is 21.5. The van der Waals surface area contributed by atoms with Gasteiger partial charge in [0, 0.05) is 40.3 Å². The average molecular weight is 1120 g/mol. The number of nitrogens with zero attached hydrogens (tertiary/aromatic N) is 6. The lowest BCUT2D eigenvalue weighted by molar-refractivity contribution is -0.147. The molecule has 20 nitrogen and oxygen atoms in total. The third-order valence-corrected chi connectivity index (χ3v) is 18.9. The smallest absolute Gasteiger partial charge is 0.407 e. The Bertz CT molecular complexity index is 2400. The summed E-state index contributed by atoms with van der Waals surface area (Å²) in [6, 6.07) is 10.4. The molecule has 5 saturated heterocycles. The van der Waals surface area contributed by atoms with Crippen molar-refractivity contribution in [2.24, 2.45) is 10.8 Å². The van der Waals surface area contributed by atoms with Gasteiger partial charge in [-0.05, 0) is 73.0 Å². The fourth-order valence-electron chi connectivity index (χ4n) is 10.8. The maximum absolute atomic E-state index is 14.8. The SMILES string of the molecule is CC(C(=S)N[C@H]1CCS[C@H]2CC(C)(C)[C@@H](C(=O)NC(C(=O)N3CCN(C(=O)C(NC(=O)[C@H]4N5C(=O)[C@@H](NC(=S)C(C)N(C)C(=O)O)CCS[C@H]5CC4(C)C)c4ccccc4)CC3)c3ccccc3)N2C1=O)N(C)C(=O)O. The highest BCUT2D eigenvalue weighted by Gasteiger charge is 2.57. The molecule has 0 spiro atoms. The van der Waals surface area contributed by atoms with Crippen LogP contribution in [0.2, 0.25) is 0 Å². The summed E-state index contributed by atoms with van der Waals surface area (Å²) < 4.78 is 0. The van der Waals surface area contributed by atoms with E-state index in [2.05, 4.69) is 21.3 Å². The van der Waals surface area contributed by atoms with Gasteiger partial charge in [0.1, 0.15) is 36.3 Å². The summed E-state index contributed by atoms with van der Waals surface area (Å²) in [5.41, 5.74) is -0.355. The predicted octanol–water partition coefficient (Wildman–Crippen LogP) is 4.12. The van der Waals surface area contributed by atoms with Gasteiger partial charge in [-0.25, -0.2) is 9.59 Å². The minimum atomic E-state index is -1.17. The van der Waals surface area contributed by atoms with Gasteiger partial charge < -0.3 is 60.9 Å². The Hall–Kier alpha value is -5.72. The van der Waals surface area contributed by atoms with Crippen LogP contribution in [0, 0.1) is 10.8 Å². The van der Waals surface area contributed by atoms with Gasteiger partial charge in [0.15, 0.2) is 0 Å². The molecule has 2 aromatic rings. The summed E-state index contributed by atoms with van der Waals surface area (Å²) in [6.07, 6.45) is -0.517. The first kappa shape index (κ1) is 58.0. The average Bonchev–Trinajstić information content (AvgIpc) is 3.71. The van der Waals surface area contributed by atoms with Gasteiger partial charge in [0.2, 0.25) is 35.4 Å². The molecule has 0 bridgehead atoms. The number of hydrogen-bond donors (Lipinski definition) is 6. The first-order valence-electron chi connectivity index (χ1n) is 25.5. The molecule has 412 valence electrons. The van der Waals surface area contributed by atoms with Crippen LogP contribution >= 0.6 is 48.0 Å². The van der Waals surface area contributed by atoms with Crippen LogP contribution < -0.4 is 21.3 Å². The molecule has 5 fully saturated rings. The maximum atomic E-state index is 14.8. The number of benzene rings is 2. The Balaban J connectivity index is 1.06. The van der Waals surface area contributed by atoms with Crippen molar-refractivity contribution in [3.8, 4) is 0 Å². The van der Waals surface area contributed by atoms with E-state index in [4.69, 9.17) is 24.4 Å². The van der Waals surface area contributed by atoms with Crippen molar-refractivity contribution in [3.05, 3.63) is 71.8 Å². The highest BCUT2D eigenvalue weighted by molar-refractivity contribution is 8.00. The topological polar surface area (TPSA) is 245 Å². The van der Waals surface area contributed by atoms with E-state index >= 15 is 0 Å². The van der Waals surface area contributed by atoms with Crippen molar-refractivity contribution in [2.45, 2.75) is 126 Å². The van der Waals surface area contributed by atoms with Crippen molar-refractivity contribution in [1.82, 2.24) is 50.7 Å². The summed E-state index contributed by atoms with van der Waals surface area (Å²) in [5.74, 6) is -1.33. The summed E-state index contributed by atoms with van der Waals surface area (Å²) in [7, 11) is 2.79. The van der Waals surface area contributed by atoms with Crippen LogP contribution in [0.25, 0.3) is 0 Å². The Kier molecular flexibility index (Phi) is 18.2. The third-order valence-electron chi connectivity index (χ3n) is 15.5. The fourth-order valence-corrected chi connectivity index (χ4v) is 14.5. The van der Waals surface area contributed by atoms with Gasteiger partial charge >= 0.3 is 12.2 Å². The quantitative estimate of drug-likeness (QED) is 0.146. The van der Waals surface area contributed by atoms with Gasteiger partial charge in [-0.2, -0.15) is 0 Å². The summed E-state index contributed by atoms with van der Waals surface area (Å²) >= 11 is 14.3. The standard InChI is InChI=1S/C52H70N10O10S4/c1-29(57(7)49(69)70)43(73)53-33-19-25-75-35-27-51(3,4)39(61(35)45(33)65)41(63)55-37(31-15-11-9-12-16-31)47(67)59-21-23-60(24-22-59)48(68)38(32-17-13-10-14-18-32)56-42(64)40-52(5,6)28-36-62(40)46(66)34(20-26-76-36)54-44(74)30(2)58(8)50(71)72/h9-18,29-30,33-40H,19-28H2,1-8H3,(H,53,73)(H,54,74)(H,55,63)(H,56,64)(H,69,70)(H,71,72)/t29?,30?,33-,34-,35-,36-,37?,38?,39+,40+/m0/s1. The number of amides is 8. The lowest BCUT2D eigenvalue weighted by Crippen LogP contribution is -2.60. The number of thiocarbonyl (C=S) groups is 2. The Morgan fingerprint density at radius 3 is 1.25 bits per heavy atom. The molecule has 76 heavy (non-hydrogen) atoms. The number of hydrogen-bond acceptors (Lipinski definition) is 12. The molecule has 6 N–H and O–H groups in total. The number of likely N-dealkylation sites (N-methyl/N-ethyl adjacent to an activating group) is 2. The molecule has 0 saturated carbocycles. The van der Waals surface area contributed by atoms with E-state index in [1.165, 1.54) is 14.1 Å². The highest BCUT2D eigenvalue weighted by atomic mass is 32.2. The lowest BCUT2D eigenvalue weighted by Gasteiger charge is -2.39. The van der Waals surface area contributed by atoms with Crippen LogP contribution in [-0.4, -0.2) is 196 Å². The molecular formula is C52H70N10O10S4. The van der Waals surface area contributed by atoms with Crippen LogP contribution in [0.15, 0.2) is 60.7 Å². The predicted molar refractivity (Wildman–Crippen MR) is 297 cm³/mol. The number of thioether (sulfide) groups is 2. The van der Waals surface area contributed by atoms with Gasteiger partial charge in [-0.1, -0.05) is 113 Å². The van der Waals surface area contributed by atoms with Crippen molar-refractivity contribution >= 4 is 106 Å². The number of carboxylic acid groups (broad SMARTS) is 2. The van der Waals surface area contributed by atoms with Crippen LogP contribution in [-0.2, 0) is 28.8 Å². The first-order chi connectivity index (χ1) is 35.8. The molecule has 24 heteroatoms. The van der Waals surface area contributed by atoms with E-state index in [0.29, 0.717) is 48.3 Å². The van der Waals surface area contributed by atoms with Crippen molar-refractivity contribution in [2.75, 3.05) is 51.8 Å². The zero-order chi connectivity index (χ0) is 55.6. The molecule has 0 aliphatic carbocycles. The van der Waals surface area contributed by atoms with Gasteiger partial charge in [-0.15, -0.1) is 23.5 Å². The van der Waals surface area contributed by atoms with Crippen LogP contribution in [0.3, 0.4) is 0 Å². The number of piperazine rings is 1. The summed E-state index contributed by atoms with van der Waals surface area (Å²) in [6.45, 7) is 11.4. The van der Waals surface area contributed by atoms with E-state index in [1.54, 1.807) is 118 Å². The Labute approximate surface area is 463 Å². The molecule has 5 aliphatic rings. The number of fused-ring (bicyclic) bond motifs is 2. The molecule has 2 aromatic carbocycles. The van der Waals surface area contributed by atoms with Crippen molar-refractivity contribution in [1.29, 1.82) is 0 Å². The second-order valence-corrected chi connectivity index (χ2v) is 25.0. The molecule has 10 atom stereocenters. The number of rotatable bonds is 14. The molecule has 0 aromatic heterocycles. The van der Waals surface area contributed by atoms with Gasteiger partial charge in [0.25, 0.3) is 0 Å². The molecule has 4 unspecified atom stereocenters. The lowest BCUT2D eigenvalue weighted by atomic mass is 9.83. The Morgan fingerprint density at radius 1 is 0.605 bits per heavy atom. The second kappa shape index (κ2) is 23.9. The van der Waals surface area contributed by atoms with Crippen molar-refractivity contribution in [3.63, 3.8) is 0 Å². The van der Waals surface area contributed by atoms with Crippen LogP contribution in [0.5, 0.6) is 0 Å². The largest absolute Gasteiger partial charge is 0.465 e. The normalized spacial score (nSPS) is 25.5.